The molecule has 0 bridgehead atoms. The predicted molar refractivity (Wildman–Crippen MR) is 119 cm³/mol. The minimum absolute atomic E-state index is 0.0773. The number of carbonyl (C=O) groups excluding carboxylic acids is 1. The van der Waals surface area contributed by atoms with Crippen LogP contribution >= 0.6 is 0 Å². The first kappa shape index (κ1) is 19.8. The summed E-state index contributed by atoms with van der Waals surface area (Å²) in [7, 11) is 0. The summed E-state index contributed by atoms with van der Waals surface area (Å²) in [6.07, 6.45) is 3.25. The Hall–Kier alpha value is -3.53. The van der Waals surface area contributed by atoms with E-state index >= 15 is 0 Å². The van der Waals surface area contributed by atoms with E-state index in [9.17, 15) is 4.79 Å². The molecule has 150 valence electrons. The largest absolute Gasteiger partial charge is 0.298 e. The molecule has 4 heteroatoms. The zero-order valence-electron chi connectivity index (χ0n) is 17.5. The maximum Gasteiger partial charge on any atom is 0.173 e. The molecule has 0 N–H and O–H groups in total. The molecule has 3 aromatic carbocycles. The predicted octanol–water partition coefficient (Wildman–Crippen LogP) is 5.35. The summed E-state index contributed by atoms with van der Waals surface area (Å²) < 4.78 is 1.83. The number of ketones is 1. The number of nitrogens with zero attached hydrogens (tertiary/aromatic N) is 3. The fourth-order valence-electron chi connectivity index (χ4n) is 3.97. The van der Waals surface area contributed by atoms with Crippen molar-refractivity contribution < 1.29 is 4.79 Å². The van der Waals surface area contributed by atoms with Gasteiger partial charge in [0.25, 0.3) is 0 Å². The van der Waals surface area contributed by atoms with Crippen LogP contribution in [0.3, 0.4) is 0 Å². The van der Waals surface area contributed by atoms with Crippen LogP contribution < -0.4 is 0 Å². The van der Waals surface area contributed by atoms with Crippen molar-refractivity contribution in [2.45, 2.75) is 26.3 Å². The molecule has 4 aromatic rings. The fourth-order valence-corrected chi connectivity index (χ4v) is 3.97. The third-order valence-corrected chi connectivity index (χ3v) is 5.42. The minimum Gasteiger partial charge on any atom is -0.298 e. The van der Waals surface area contributed by atoms with E-state index in [-0.39, 0.29) is 5.78 Å². The molecule has 0 fully saturated rings. The summed E-state index contributed by atoms with van der Waals surface area (Å²) in [5.74, 6) is 0.0773. The molecule has 4 rings (SSSR count). The van der Waals surface area contributed by atoms with E-state index in [1.54, 1.807) is 12.7 Å². The molecule has 0 aliphatic heterocycles. The molecule has 1 aromatic heterocycles. The van der Waals surface area contributed by atoms with Crippen LogP contribution in [0.2, 0.25) is 0 Å². The highest BCUT2D eigenvalue weighted by Gasteiger charge is 2.48. The van der Waals surface area contributed by atoms with Gasteiger partial charge in [-0.25, -0.2) is 0 Å². The van der Waals surface area contributed by atoms with E-state index in [4.69, 9.17) is 0 Å². The van der Waals surface area contributed by atoms with Gasteiger partial charge in [-0.05, 0) is 22.3 Å². The quantitative estimate of drug-likeness (QED) is 0.457. The third kappa shape index (κ3) is 3.35. The van der Waals surface area contributed by atoms with Crippen molar-refractivity contribution in [2.75, 3.05) is 0 Å². The summed E-state index contributed by atoms with van der Waals surface area (Å²) in [5.41, 5.74) is 2.37. The lowest BCUT2D eigenvalue weighted by Gasteiger charge is -2.39. The van der Waals surface area contributed by atoms with Crippen molar-refractivity contribution >= 4 is 5.78 Å². The smallest absolute Gasteiger partial charge is 0.173 e. The van der Waals surface area contributed by atoms with Gasteiger partial charge in [-0.15, -0.1) is 10.2 Å². The SMILES string of the molecule is CC(C)(C)C(=O)C(c1ccccc1)(c1ccc(-c2ccccc2)cc1)n1cnnc1. The second-order valence-electron chi connectivity index (χ2n) is 8.47. The molecule has 0 amide bonds. The van der Waals surface area contributed by atoms with Crippen LogP contribution in [-0.2, 0) is 10.3 Å². The standard InChI is InChI=1S/C26H25N3O/c1-25(2,3)24(30)26(29-18-27-28-19-29,22-12-8-5-9-13-22)23-16-14-21(15-17-23)20-10-6-4-7-11-20/h4-19H,1-3H3. The summed E-state index contributed by atoms with van der Waals surface area (Å²) in [4.78, 5) is 14.1. The van der Waals surface area contributed by atoms with E-state index in [1.165, 1.54) is 0 Å². The molecule has 0 spiro atoms. The van der Waals surface area contributed by atoms with Crippen LogP contribution in [0.25, 0.3) is 11.1 Å². The summed E-state index contributed by atoms with van der Waals surface area (Å²) in [5, 5.41) is 8.06. The number of aromatic nitrogens is 3. The van der Waals surface area contributed by atoms with Gasteiger partial charge in [0.2, 0.25) is 0 Å². The Morgan fingerprint density at radius 1 is 0.667 bits per heavy atom. The van der Waals surface area contributed by atoms with Gasteiger partial charge in [-0.3, -0.25) is 9.36 Å². The zero-order chi connectivity index (χ0) is 21.2. The van der Waals surface area contributed by atoms with Gasteiger partial charge in [0, 0.05) is 5.41 Å². The Bertz CT molecular complexity index is 1110. The molecule has 0 radical (unpaired) electrons. The Balaban J connectivity index is 1.97. The zero-order valence-corrected chi connectivity index (χ0v) is 17.5. The lowest BCUT2D eigenvalue weighted by Crippen LogP contribution is -2.49. The summed E-state index contributed by atoms with van der Waals surface area (Å²) >= 11 is 0. The average Bonchev–Trinajstić information content (AvgIpc) is 3.31. The van der Waals surface area contributed by atoms with Crippen LogP contribution in [0.1, 0.15) is 31.9 Å². The van der Waals surface area contributed by atoms with Gasteiger partial charge >= 0.3 is 0 Å². The van der Waals surface area contributed by atoms with Crippen LogP contribution in [0.4, 0.5) is 0 Å². The highest BCUT2D eigenvalue weighted by Crippen LogP contribution is 2.41. The van der Waals surface area contributed by atoms with Gasteiger partial charge < -0.3 is 0 Å². The molecular formula is C26H25N3O. The first-order chi connectivity index (χ1) is 14.4. The molecule has 0 aliphatic rings. The number of rotatable bonds is 5. The Labute approximate surface area is 177 Å². The molecule has 1 heterocycles. The Morgan fingerprint density at radius 3 is 1.67 bits per heavy atom. The van der Waals surface area contributed by atoms with Crippen molar-refractivity contribution in [3.63, 3.8) is 0 Å². The van der Waals surface area contributed by atoms with Crippen molar-refractivity contribution in [3.05, 3.63) is 109 Å². The maximum absolute atomic E-state index is 14.1. The molecule has 0 aliphatic carbocycles. The van der Waals surface area contributed by atoms with Crippen LogP contribution in [-0.4, -0.2) is 20.5 Å². The highest BCUT2D eigenvalue weighted by molar-refractivity contribution is 5.97. The normalized spacial score (nSPS) is 13.6. The molecule has 0 saturated carbocycles. The lowest BCUT2D eigenvalue weighted by atomic mass is 9.70. The van der Waals surface area contributed by atoms with Gasteiger partial charge in [-0.1, -0.05) is 106 Å². The van der Waals surface area contributed by atoms with Gasteiger partial charge in [-0.2, -0.15) is 0 Å². The molecule has 1 atom stereocenters. The van der Waals surface area contributed by atoms with E-state index in [2.05, 4.69) is 34.5 Å². The van der Waals surface area contributed by atoms with Crippen molar-refractivity contribution in [1.29, 1.82) is 0 Å². The molecule has 4 nitrogen and oxygen atoms in total. The van der Waals surface area contributed by atoms with E-state index in [1.807, 2.05) is 86.0 Å². The minimum atomic E-state index is -1.06. The number of carbonyl (C=O) groups is 1. The Morgan fingerprint density at radius 2 is 1.13 bits per heavy atom. The summed E-state index contributed by atoms with van der Waals surface area (Å²) in [6, 6.07) is 28.3. The maximum atomic E-state index is 14.1. The van der Waals surface area contributed by atoms with Crippen molar-refractivity contribution in [1.82, 2.24) is 14.8 Å². The fraction of sp³-hybridized carbons (Fsp3) is 0.192. The Kier molecular flexibility index (Phi) is 5.08. The molecule has 0 saturated heterocycles. The summed E-state index contributed by atoms with van der Waals surface area (Å²) in [6.45, 7) is 5.86. The first-order valence-electron chi connectivity index (χ1n) is 10.1. The van der Waals surface area contributed by atoms with Gasteiger partial charge in [0.1, 0.15) is 12.7 Å². The second-order valence-corrected chi connectivity index (χ2v) is 8.47. The third-order valence-electron chi connectivity index (χ3n) is 5.42. The molecule has 30 heavy (non-hydrogen) atoms. The topological polar surface area (TPSA) is 47.8 Å². The second kappa shape index (κ2) is 7.71. The van der Waals surface area contributed by atoms with Crippen LogP contribution in [0, 0.1) is 5.41 Å². The average molecular weight is 396 g/mol. The van der Waals surface area contributed by atoms with Crippen molar-refractivity contribution in [2.24, 2.45) is 5.41 Å². The van der Waals surface area contributed by atoms with Crippen molar-refractivity contribution in [3.8, 4) is 11.1 Å². The van der Waals surface area contributed by atoms with E-state index < -0.39 is 11.0 Å². The first-order valence-corrected chi connectivity index (χ1v) is 10.1. The van der Waals surface area contributed by atoms with Crippen LogP contribution in [0.5, 0.6) is 0 Å². The van der Waals surface area contributed by atoms with Gasteiger partial charge in [0.15, 0.2) is 11.3 Å². The number of Topliss-reactive ketones (excluding diaryl/α,β-unsaturated/α-hetero) is 1. The monoisotopic (exact) mass is 395 g/mol. The molecular weight excluding hydrogens is 370 g/mol. The molecule has 1 unspecified atom stereocenters. The van der Waals surface area contributed by atoms with E-state index in [0.717, 1.165) is 22.3 Å². The lowest BCUT2D eigenvalue weighted by molar-refractivity contribution is -0.131. The highest BCUT2D eigenvalue weighted by atomic mass is 16.1. The number of benzene rings is 3. The van der Waals surface area contributed by atoms with E-state index in [0.29, 0.717) is 0 Å². The number of hydrogen-bond donors (Lipinski definition) is 0. The van der Waals surface area contributed by atoms with Gasteiger partial charge in [0.05, 0.1) is 0 Å². The van der Waals surface area contributed by atoms with Crippen LogP contribution in [0.15, 0.2) is 97.6 Å². The number of hydrogen-bond acceptors (Lipinski definition) is 3.